The van der Waals surface area contributed by atoms with E-state index >= 15 is 0 Å². The molecule has 2 heterocycles. The van der Waals surface area contributed by atoms with Crippen molar-refractivity contribution in [2.24, 2.45) is 7.05 Å². The van der Waals surface area contributed by atoms with Crippen LogP contribution in [0.25, 0.3) is 0 Å². The molecule has 140 valence electrons. The van der Waals surface area contributed by atoms with Crippen molar-refractivity contribution in [1.29, 1.82) is 0 Å². The van der Waals surface area contributed by atoms with Crippen LogP contribution >= 0.6 is 0 Å². The van der Waals surface area contributed by atoms with E-state index in [1.165, 1.54) is 5.56 Å². The molecular weight excluding hydrogens is 330 g/mol. The largest absolute Gasteiger partial charge is 0.388 e. The molecule has 0 saturated carbocycles. The summed E-state index contributed by atoms with van der Waals surface area (Å²) < 4.78 is 1.91. The second kappa shape index (κ2) is 7.07. The first-order chi connectivity index (χ1) is 12.3. The lowest BCUT2D eigenvalue weighted by atomic mass is 9.89. The predicted octanol–water partition coefficient (Wildman–Crippen LogP) is 1.81. The number of aryl methyl sites for hydroxylation is 1. The summed E-state index contributed by atoms with van der Waals surface area (Å²) in [6.45, 7) is 4.65. The monoisotopic (exact) mass is 357 g/mol. The highest BCUT2D eigenvalue weighted by Gasteiger charge is 2.36. The first-order valence-corrected chi connectivity index (χ1v) is 8.96. The van der Waals surface area contributed by atoms with Crippen molar-refractivity contribution in [3.05, 3.63) is 35.7 Å². The molecule has 1 aliphatic rings. The van der Waals surface area contributed by atoms with E-state index in [1.807, 2.05) is 35.7 Å². The number of amides is 1. The maximum Gasteiger partial charge on any atom is 0.231 e. The number of hydrogen-bond donors (Lipinski definition) is 1. The fraction of sp³-hybridized carbons (Fsp3) is 0.526. The third-order valence-electron chi connectivity index (χ3n) is 5.15. The molecule has 1 fully saturated rings. The average Bonchev–Trinajstić information content (AvgIpc) is 2.95. The Bertz CT molecular complexity index is 786. The zero-order valence-corrected chi connectivity index (χ0v) is 15.9. The number of β-amino-alcohol motifs (C(OH)–C–C–N with tert-alkyl or cyclic N) is 1. The van der Waals surface area contributed by atoms with Crippen LogP contribution < -0.4 is 4.90 Å². The van der Waals surface area contributed by atoms with Gasteiger partial charge in [-0.25, -0.2) is 0 Å². The van der Waals surface area contributed by atoms with Crippen LogP contribution in [0.5, 0.6) is 0 Å². The number of hydrogen-bond acceptors (Lipinski definition) is 5. The molecule has 1 atom stereocenters. The van der Waals surface area contributed by atoms with Gasteiger partial charge in [-0.15, -0.1) is 10.2 Å². The van der Waals surface area contributed by atoms with Crippen molar-refractivity contribution >= 4 is 17.5 Å². The Morgan fingerprint density at radius 1 is 1.31 bits per heavy atom. The van der Waals surface area contributed by atoms with Gasteiger partial charge in [-0.05, 0) is 31.9 Å². The summed E-state index contributed by atoms with van der Waals surface area (Å²) in [5.74, 6) is 1.43. The fourth-order valence-electron chi connectivity index (χ4n) is 3.50. The number of carbonyl (C=O) groups is 1. The van der Waals surface area contributed by atoms with Gasteiger partial charge in [0.1, 0.15) is 5.82 Å². The molecule has 1 aliphatic heterocycles. The van der Waals surface area contributed by atoms with Crippen molar-refractivity contribution in [1.82, 2.24) is 19.7 Å². The molecule has 1 saturated heterocycles. The molecule has 1 aromatic heterocycles. The normalized spacial score (nSPS) is 20.3. The lowest BCUT2D eigenvalue weighted by Gasteiger charge is -2.38. The predicted molar refractivity (Wildman–Crippen MR) is 100 cm³/mol. The summed E-state index contributed by atoms with van der Waals surface area (Å²) in [6.07, 6.45) is 1.83. The molecule has 26 heavy (non-hydrogen) atoms. The van der Waals surface area contributed by atoms with Gasteiger partial charge in [0.05, 0.1) is 5.60 Å². The summed E-state index contributed by atoms with van der Waals surface area (Å²) in [5.41, 5.74) is 1.27. The highest BCUT2D eigenvalue weighted by molar-refractivity contribution is 5.73. The Balaban J connectivity index is 1.78. The summed E-state index contributed by atoms with van der Waals surface area (Å²) >= 11 is 0. The van der Waals surface area contributed by atoms with E-state index in [0.29, 0.717) is 37.7 Å². The minimum absolute atomic E-state index is 0.000818. The van der Waals surface area contributed by atoms with Gasteiger partial charge >= 0.3 is 0 Å². The van der Waals surface area contributed by atoms with E-state index in [0.717, 1.165) is 12.1 Å². The first-order valence-electron chi connectivity index (χ1n) is 8.96. The van der Waals surface area contributed by atoms with E-state index < -0.39 is 5.60 Å². The summed E-state index contributed by atoms with van der Waals surface area (Å²) in [6, 6.07) is 8.21. The Morgan fingerprint density at radius 3 is 2.65 bits per heavy atom. The maximum atomic E-state index is 11.7. The molecule has 1 unspecified atom stereocenters. The lowest BCUT2D eigenvalue weighted by Crippen LogP contribution is -2.51. The van der Waals surface area contributed by atoms with Gasteiger partial charge in [0, 0.05) is 46.2 Å². The number of carbonyl (C=O) groups excluding carboxylic acids is 1. The zero-order chi connectivity index (χ0) is 18.9. The standard InChI is InChI=1S/C19H27N5O2/c1-14-6-8-16(9-7-14)22(3)18-21-20-17(23(18)4)12-19(26)10-5-11-24(13-19)15(2)25/h6-9,26H,5,10-13H2,1-4H3. The molecule has 2 aromatic rings. The lowest BCUT2D eigenvalue weighted by molar-refractivity contribution is -0.136. The van der Waals surface area contributed by atoms with Crippen LogP contribution in [0, 0.1) is 6.92 Å². The topological polar surface area (TPSA) is 74.5 Å². The molecular formula is C19H27N5O2. The highest BCUT2D eigenvalue weighted by atomic mass is 16.3. The fourth-order valence-corrected chi connectivity index (χ4v) is 3.50. The van der Waals surface area contributed by atoms with E-state index in [4.69, 9.17) is 0 Å². The Kier molecular flexibility index (Phi) is 5.00. The minimum atomic E-state index is -0.954. The Hall–Kier alpha value is -2.41. The number of anilines is 2. The molecule has 0 aliphatic carbocycles. The molecule has 0 spiro atoms. The Morgan fingerprint density at radius 2 is 2.00 bits per heavy atom. The zero-order valence-electron chi connectivity index (χ0n) is 15.9. The maximum absolute atomic E-state index is 11.7. The van der Waals surface area contributed by atoms with Crippen LogP contribution in [0.4, 0.5) is 11.6 Å². The van der Waals surface area contributed by atoms with Gasteiger partial charge in [0.25, 0.3) is 0 Å². The van der Waals surface area contributed by atoms with Crippen molar-refractivity contribution in [2.45, 2.75) is 38.7 Å². The second-order valence-electron chi connectivity index (χ2n) is 7.32. The molecule has 1 N–H and O–H groups in total. The first kappa shape index (κ1) is 18.4. The molecule has 7 nitrogen and oxygen atoms in total. The van der Waals surface area contributed by atoms with E-state index in [2.05, 4.69) is 29.3 Å². The van der Waals surface area contributed by atoms with Crippen LogP contribution in [0.15, 0.2) is 24.3 Å². The molecule has 0 bridgehead atoms. The SMILES string of the molecule is CC(=O)N1CCCC(O)(Cc2nnc(N(C)c3ccc(C)cc3)n2C)C1. The minimum Gasteiger partial charge on any atom is -0.388 e. The molecule has 3 rings (SSSR count). The molecule has 1 amide bonds. The van der Waals surface area contributed by atoms with Gasteiger partial charge in [-0.3, -0.25) is 4.79 Å². The second-order valence-corrected chi connectivity index (χ2v) is 7.32. The van der Waals surface area contributed by atoms with Crippen LogP contribution in [-0.2, 0) is 18.3 Å². The number of piperidine rings is 1. The van der Waals surface area contributed by atoms with Crippen molar-refractivity contribution < 1.29 is 9.90 Å². The van der Waals surface area contributed by atoms with E-state index in [9.17, 15) is 9.90 Å². The van der Waals surface area contributed by atoms with Crippen LogP contribution in [0.3, 0.4) is 0 Å². The quantitative estimate of drug-likeness (QED) is 0.903. The summed E-state index contributed by atoms with van der Waals surface area (Å²) in [7, 11) is 3.86. The van der Waals surface area contributed by atoms with Gasteiger partial charge in [-0.2, -0.15) is 0 Å². The smallest absolute Gasteiger partial charge is 0.231 e. The summed E-state index contributed by atoms with van der Waals surface area (Å²) in [4.78, 5) is 15.3. The van der Waals surface area contributed by atoms with Crippen molar-refractivity contribution in [3.63, 3.8) is 0 Å². The van der Waals surface area contributed by atoms with E-state index in [1.54, 1.807) is 11.8 Å². The van der Waals surface area contributed by atoms with Crippen molar-refractivity contribution in [2.75, 3.05) is 25.0 Å². The highest BCUT2D eigenvalue weighted by Crippen LogP contribution is 2.27. The molecule has 7 heteroatoms. The third-order valence-corrected chi connectivity index (χ3v) is 5.15. The van der Waals surface area contributed by atoms with Crippen LogP contribution in [0.2, 0.25) is 0 Å². The molecule has 0 radical (unpaired) electrons. The van der Waals surface area contributed by atoms with E-state index in [-0.39, 0.29) is 5.91 Å². The van der Waals surface area contributed by atoms with Crippen LogP contribution in [0.1, 0.15) is 31.2 Å². The number of rotatable bonds is 4. The Labute approximate surface area is 154 Å². The number of aliphatic hydroxyl groups is 1. The third kappa shape index (κ3) is 3.72. The summed E-state index contributed by atoms with van der Waals surface area (Å²) in [5, 5.41) is 19.6. The average molecular weight is 357 g/mol. The van der Waals surface area contributed by atoms with Gasteiger partial charge in [0.15, 0.2) is 0 Å². The van der Waals surface area contributed by atoms with Gasteiger partial charge in [-0.1, -0.05) is 17.7 Å². The van der Waals surface area contributed by atoms with Gasteiger partial charge < -0.3 is 19.5 Å². The number of aromatic nitrogens is 3. The van der Waals surface area contributed by atoms with Crippen LogP contribution in [-0.4, -0.2) is 56.4 Å². The number of likely N-dealkylation sites (tertiary alicyclic amines) is 1. The number of nitrogens with zero attached hydrogens (tertiary/aromatic N) is 5. The molecule has 1 aromatic carbocycles. The van der Waals surface area contributed by atoms with Crippen molar-refractivity contribution in [3.8, 4) is 0 Å². The van der Waals surface area contributed by atoms with Gasteiger partial charge in [0.2, 0.25) is 11.9 Å². The number of benzene rings is 1.